The molecule has 1 N–H and O–H groups in total. The second kappa shape index (κ2) is 9.06. The van der Waals surface area contributed by atoms with Crippen LogP contribution in [-0.2, 0) is 14.8 Å². The zero-order valence-corrected chi connectivity index (χ0v) is 17.1. The summed E-state index contributed by atoms with van der Waals surface area (Å²) in [5.74, 6) is 0.407. The van der Waals surface area contributed by atoms with E-state index in [0.29, 0.717) is 44.2 Å². The summed E-state index contributed by atoms with van der Waals surface area (Å²) in [6.07, 6.45) is 1.35. The van der Waals surface area contributed by atoms with Crippen molar-refractivity contribution in [3.63, 3.8) is 0 Å². The first-order chi connectivity index (χ1) is 12.3. The number of amides is 1. The van der Waals surface area contributed by atoms with Gasteiger partial charge in [0.05, 0.1) is 22.4 Å². The Balaban J connectivity index is 2.13. The number of halogens is 1. The van der Waals surface area contributed by atoms with E-state index in [0.717, 1.165) is 0 Å². The molecular formula is C18H27ClN2O4S. The Hall–Kier alpha value is -1.31. The predicted molar refractivity (Wildman–Crippen MR) is 102 cm³/mol. The van der Waals surface area contributed by atoms with Gasteiger partial charge < -0.3 is 10.1 Å². The van der Waals surface area contributed by atoms with Crippen molar-refractivity contribution >= 4 is 27.5 Å². The van der Waals surface area contributed by atoms with E-state index in [4.69, 9.17) is 16.3 Å². The molecule has 1 aromatic carbocycles. The van der Waals surface area contributed by atoms with Crippen molar-refractivity contribution in [3.05, 3.63) is 23.2 Å². The lowest BCUT2D eigenvalue weighted by atomic mass is 9.98. The van der Waals surface area contributed by atoms with E-state index in [-0.39, 0.29) is 28.3 Å². The van der Waals surface area contributed by atoms with Crippen LogP contribution in [0.2, 0.25) is 5.02 Å². The zero-order chi connectivity index (χ0) is 19.3. The lowest BCUT2D eigenvalue weighted by Crippen LogP contribution is -2.45. The largest absolute Gasteiger partial charge is 0.492 e. The number of nitrogens with one attached hydrogen (secondary N) is 1. The molecule has 6 nitrogen and oxygen atoms in total. The second-order valence-electron chi connectivity index (χ2n) is 6.87. The maximum atomic E-state index is 12.9. The summed E-state index contributed by atoms with van der Waals surface area (Å²) >= 11 is 6.13. The van der Waals surface area contributed by atoms with Crippen LogP contribution in [-0.4, -0.2) is 44.9 Å². The van der Waals surface area contributed by atoms with E-state index in [9.17, 15) is 13.2 Å². The van der Waals surface area contributed by atoms with Gasteiger partial charge in [-0.2, -0.15) is 4.31 Å². The van der Waals surface area contributed by atoms with Gasteiger partial charge in [-0.15, -0.1) is 0 Å². The third kappa shape index (κ3) is 5.11. The summed E-state index contributed by atoms with van der Waals surface area (Å²) in [4.78, 5) is 12.4. The highest BCUT2D eigenvalue weighted by molar-refractivity contribution is 7.89. The molecule has 1 saturated heterocycles. The number of rotatable bonds is 7. The van der Waals surface area contributed by atoms with Gasteiger partial charge in [0.2, 0.25) is 15.9 Å². The number of piperidine rings is 1. The van der Waals surface area contributed by atoms with Gasteiger partial charge in [0, 0.05) is 19.6 Å². The van der Waals surface area contributed by atoms with Crippen molar-refractivity contribution in [2.75, 3.05) is 26.2 Å². The fourth-order valence-electron chi connectivity index (χ4n) is 2.89. The summed E-state index contributed by atoms with van der Waals surface area (Å²) in [6.45, 7) is 7.51. The molecule has 0 spiro atoms. The smallest absolute Gasteiger partial charge is 0.243 e. The number of ether oxygens (including phenoxy) is 1. The normalized spacial score (nSPS) is 18.7. The molecule has 0 aliphatic carbocycles. The third-order valence-corrected chi connectivity index (χ3v) is 6.44. The van der Waals surface area contributed by atoms with Crippen molar-refractivity contribution in [2.24, 2.45) is 11.8 Å². The number of hydrogen-bond donors (Lipinski definition) is 1. The Labute approximate surface area is 160 Å². The van der Waals surface area contributed by atoms with Crippen LogP contribution in [0.3, 0.4) is 0 Å². The van der Waals surface area contributed by atoms with Crippen LogP contribution in [0.5, 0.6) is 5.75 Å². The number of sulfonamides is 1. The zero-order valence-electron chi connectivity index (χ0n) is 15.5. The average Bonchev–Trinajstić information content (AvgIpc) is 2.61. The van der Waals surface area contributed by atoms with E-state index < -0.39 is 10.0 Å². The molecule has 1 aliphatic rings. The molecule has 0 aromatic heterocycles. The Morgan fingerprint density at radius 2 is 2.15 bits per heavy atom. The topological polar surface area (TPSA) is 75.7 Å². The summed E-state index contributed by atoms with van der Waals surface area (Å²) in [7, 11) is -3.70. The minimum atomic E-state index is -3.70. The molecule has 1 fully saturated rings. The molecule has 1 aliphatic heterocycles. The Morgan fingerprint density at radius 1 is 1.42 bits per heavy atom. The third-order valence-electron chi connectivity index (χ3n) is 4.28. The Bertz CT molecular complexity index is 737. The SMILES string of the molecule is CCOc1ccc(S(=O)(=O)N2CCC[C@H](C(=O)NCC(C)C)C2)cc1Cl. The van der Waals surface area contributed by atoms with Crippen molar-refractivity contribution in [3.8, 4) is 5.75 Å². The highest BCUT2D eigenvalue weighted by atomic mass is 35.5. The summed E-state index contributed by atoms with van der Waals surface area (Å²) in [5.41, 5.74) is 0. The minimum absolute atomic E-state index is 0.0803. The fourth-order valence-corrected chi connectivity index (χ4v) is 4.74. The first kappa shape index (κ1) is 21.0. The van der Waals surface area contributed by atoms with Gasteiger partial charge in [0.15, 0.2) is 0 Å². The molecule has 26 heavy (non-hydrogen) atoms. The van der Waals surface area contributed by atoms with Gasteiger partial charge in [-0.3, -0.25) is 4.79 Å². The van der Waals surface area contributed by atoms with Crippen molar-refractivity contribution in [1.82, 2.24) is 9.62 Å². The molecule has 0 saturated carbocycles. The lowest BCUT2D eigenvalue weighted by Gasteiger charge is -2.31. The number of nitrogens with zero attached hydrogens (tertiary/aromatic N) is 1. The van der Waals surface area contributed by atoms with Crippen molar-refractivity contribution in [1.29, 1.82) is 0 Å². The summed E-state index contributed by atoms with van der Waals surface area (Å²) in [6, 6.07) is 4.47. The Kier molecular flexibility index (Phi) is 7.32. The van der Waals surface area contributed by atoms with Gasteiger partial charge in [0.25, 0.3) is 0 Å². The average molecular weight is 403 g/mol. The predicted octanol–water partition coefficient (Wildman–Crippen LogP) is 2.91. The molecule has 2 rings (SSSR count). The van der Waals surface area contributed by atoms with E-state index >= 15 is 0 Å². The standard InChI is InChI=1S/C18H27ClN2O4S/c1-4-25-17-8-7-15(10-16(17)19)26(23,24)21-9-5-6-14(12-21)18(22)20-11-13(2)3/h7-8,10,13-14H,4-6,9,11-12H2,1-3H3,(H,20,22)/t14-/m0/s1. The molecule has 0 bridgehead atoms. The maximum absolute atomic E-state index is 12.9. The first-order valence-electron chi connectivity index (χ1n) is 8.96. The summed E-state index contributed by atoms with van der Waals surface area (Å²) in [5, 5.41) is 3.16. The van der Waals surface area contributed by atoms with Gasteiger partial charge >= 0.3 is 0 Å². The van der Waals surface area contributed by atoms with Crippen molar-refractivity contribution in [2.45, 2.75) is 38.5 Å². The van der Waals surface area contributed by atoms with Gasteiger partial charge in [-0.1, -0.05) is 25.4 Å². The number of carbonyl (C=O) groups is 1. The molecule has 146 valence electrons. The number of hydrogen-bond acceptors (Lipinski definition) is 4. The van der Waals surface area contributed by atoms with Crippen LogP contribution >= 0.6 is 11.6 Å². The highest BCUT2D eigenvalue weighted by Crippen LogP contribution is 2.30. The number of carbonyl (C=O) groups excluding carboxylic acids is 1. The van der Waals surface area contributed by atoms with Crippen LogP contribution in [0, 0.1) is 11.8 Å². The van der Waals surface area contributed by atoms with Gasteiger partial charge in [-0.05, 0) is 43.9 Å². The van der Waals surface area contributed by atoms with E-state index in [1.165, 1.54) is 16.4 Å². The maximum Gasteiger partial charge on any atom is 0.243 e. The molecule has 1 atom stereocenters. The number of benzene rings is 1. The van der Waals surface area contributed by atoms with Crippen LogP contribution in [0.1, 0.15) is 33.6 Å². The van der Waals surface area contributed by atoms with E-state index in [2.05, 4.69) is 5.32 Å². The first-order valence-corrected chi connectivity index (χ1v) is 10.8. The molecule has 1 heterocycles. The molecule has 0 radical (unpaired) electrons. The molecule has 1 aromatic rings. The molecule has 8 heteroatoms. The molecular weight excluding hydrogens is 376 g/mol. The van der Waals surface area contributed by atoms with Gasteiger partial charge in [0.1, 0.15) is 5.75 Å². The summed E-state index contributed by atoms with van der Waals surface area (Å²) < 4.78 is 32.6. The van der Waals surface area contributed by atoms with E-state index in [1.54, 1.807) is 6.07 Å². The van der Waals surface area contributed by atoms with E-state index in [1.807, 2.05) is 20.8 Å². The highest BCUT2D eigenvalue weighted by Gasteiger charge is 2.33. The Morgan fingerprint density at radius 3 is 2.77 bits per heavy atom. The van der Waals surface area contributed by atoms with Gasteiger partial charge in [-0.25, -0.2) is 8.42 Å². The molecule has 1 amide bonds. The molecule has 0 unspecified atom stereocenters. The lowest BCUT2D eigenvalue weighted by molar-refractivity contribution is -0.126. The monoisotopic (exact) mass is 402 g/mol. The van der Waals surface area contributed by atoms with Crippen molar-refractivity contribution < 1.29 is 17.9 Å². The quantitative estimate of drug-likeness (QED) is 0.760. The second-order valence-corrected chi connectivity index (χ2v) is 9.21. The van der Waals surface area contributed by atoms with Crippen LogP contribution < -0.4 is 10.1 Å². The fraction of sp³-hybridized carbons (Fsp3) is 0.611. The minimum Gasteiger partial charge on any atom is -0.492 e. The van der Waals surface area contributed by atoms with Crippen LogP contribution in [0.15, 0.2) is 23.1 Å². The van der Waals surface area contributed by atoms with Crippen LogP contribution in [0.25, 0.3) is 0 Å². The van der Waals surface area contributed by atoms with Crippen LogP contribution in [0.4, 0.5) is 0 Å².